The van der Waals surface area contributed by atoms with Crippen LogP contribution in [-0.4, -0.2) is 39.9 Å². The van der Waals surface area contributed by atoms with Gasteiger partial charge in [0.05, 0.1) is 36.2 Å². The molecular weight excluding hydrogens is 332 g/mol. The van der Waals surface area contributed by atoms with Gasteiger partial charge in [0.25, 0.3) is 0 Å². The van der Waals surface area contributed by atoms with Gasteiger partial charge in [0.1, 0.15) is 5.82 Å². The van der Waals surface area contributed by atoms with E-state index in [4.69, 9.17) is 0 Å². The zero-order valence-electron chi connectivity index (χ0n) is 14.7. The standard InChI is InChI=1S/C18H22N6S/c1-13-16(25-12-22-13)10-21-18(19-2)24(3)11-17-20-9-15(23-17)14-7-5-4-6-8-14/h4-9,12H,10-11H2,1-3H3,(H,19,21)(H,20,23). The molecule has 6 nitrogen and oxygen atoms in total. The molecule has 3 rings (SSSR count). The number of imidazole rings is 1. The van der Waals surface area contributed by atoms with Gasteiger partial charge in [-0.25, -0.2) is 9.97 Å². The molecule has 0 aliphatic carbocycles. The van der Waals surface area contributed by atoms with Crippen LogP contribution in [0.1, 0.15) is 16.4 Å². The second kappa shape index (κ2) is 7.94. The van der Waals surface area contributed by atoms with Crippen molar-refractivity contribution in [3.8, 4) is 11.3 Å². The summed E-state index contributed by atoms with van der Waals surface area (Å²) in [5.41, 5.74) is 5.08. The molecule has 0 saturated heterocycles. The van der Waals surface area contributed by atoms with Crippen LogP contribution in [0.5, 0.6) is 0 Å². The van der Waals surface area contributed by atoms with Crippen molar-refractivity contribution in [3.05, 3.63) is 58.4 Å². The molecule has 130 valence electrons. The highest BCUT2D eigenvalue weighted by Gasteiger charge is 2.11. The molecule has 0 bridgehead atoms. The topological polar surface area (TPSA) is 69.2 Å². The fourth-order valence-corrected chi connectivity index (χ4v) is 3.26. The number of aromatic nitrogens is 3. The van der Waals surface area contributed by atoms with Gasteiger partial charge in [0.15, 0.2) is 5.96 Å². The van der Waals surface area contributed by atoms with E-state index in [0.29, 0.717) is 6.54 Å². The Kier molecular flexibility index (Phi) is 5.45. The van der Waals surface area contributed by atoms with E-state index in [0.717, 1.165) is 35.3 Å². The molecule has 0 amide bonds. The fraction of sp³-hybridized carbons (Fsp3) is 0.278. The van der Waals surface area contributed by atoms with E-state index in [1.54, 1.807) is 18.4 Å². The maximum atomic E-state index is 4.49. The van der Waals surface area contributed by atoms with Gasteiger partial charge in [-0.15, -0.1) is 11.3 Å². The number of hydrogen-bond donors (Lipinski definition) is 2. The number of rotatable bonds is 5. The first-order chi connectivity index (χ1) is 12.2. The first kappa shape index (κ1) is 17.2. The molecule has 0 aliphatic heterocycles. The number of nitrogens with zero attached hydrogens (tertiary/aromatic N) is 4. The van der Waals surface area contributed by atoms with Crippen LogP contribution >= 0.6 is 11.3 Å². The number of H-pyrrole nitrogens is 1. The molecule has 1 aromatic carbocycles. The Hall–Kier alpha value is -2.67. The average molecular weight is 354 g/mol. The third kappa shape index (κ3) is 4.24. The van der Waals surface area contributed by atoms with Crippen molar-refractivity contribution in [1.82, 2.24) is 25.2 Å². The number of benzene rings is 1. The van der Waals surface area contributed by atoms with Crippen LogP contribution in [0.4, 0.5) is 0 Å². The van der Waals surface area contributed by atoms with E-state index in [2.05, 4.69) is 37.4 Å². The van der Waals surface area contributed by atoms with Crippen LogP contribution in [0.3, 0.4) is 0 Å². The van der Waals surface area contributed by atoms with Crippen LogP contribution in [0, 0.1) is 6.92 Å². The highest BCUT2D eigenvalue weighted by atomic mass is 32.1. The Balaban J connectivity index is 1.61. The van der Waals surface area contributed by atoms with Gasteiger partial charge in [-0.3, -0.25) is 4.99 Å². The molecule has 3 aromatic rings. The monoisotopic (exact) mass is 354 g/mol. The van der Waals surface area contributed by atoms with Crippen molar-refractivity contribution in [1.29, 1.82) is 0 Å². The quantitative estimate of drug-likeness (QED) is 0.546. The predicted molar refractivity (Wildman–Crippen MR) is 103 cm³/mol. The molecule has 2 N–H and O–H groups in total. The largest absolute Gasteiger partial charge is 0.351 e. The lowest BCUT2D eigenvalue weighted by Gasteiger charge is -2.20. The molecule has 2 heterocycles. The maximum absolute atomic E-state index is 4.49. The van der Waals surface area contributed by atoms with Crippen LogP contribution < -0.4 is 5.32 Å². The Bertz CT molecular complexity index is 836. The molecule has 0 atom stereocenters. The molecular formula is C18H22N6S. The van der Waals surface area contributed by atoms with Gasteiger partial charge >= 0.3 is 0 Å². The predicted octanol–water partition coefficient (Wildman–Crippen LogP) is 3.05. The summed E-state index contributed by atoms with van der Waals surface area (Å²) in [6.45, 7) is 3.39. The van der Waals surface area contributed by atoms with Gasteiger partial charge in [0, 0.05) is 19.0 Å². The van der Waals surface area contributed by atoms with Gasteiger partial charge in [-0.05, 0) is 12.5 Å². The summed E-state index contributed by atoms with van der Waals surface area (Å²) in [4.78, 5) is 19.8. The third-order valence-corrected chi connectivity index (χ3v) is 4.86. The molecule has 0 radical (unpaired) electrons. The van der Waals surface area contributed by atoms with Gasteiger partial charge < -0.3 is 15.2 Å². The second-order valence-corrected chi connectivity index (χ2v) is 6.67. The number of aromatic amines is 1. The number of nitrogens with one attached hydrogen (secondary N) is 2. The minimum Gasteiger partial charge on any atom is -0.351 e. The SMILES string of the molecule is CN=C(NCc1scnc1C)N(C)Cc1ncc(-c2ccccc2)[nH]1. The zero-order valence-corrected chi connectivity index (χ0v) is 15.5. The minimum absolute atomic E-state index is 0.647. The van der Waals surface area contributed by atoms with Crippen LogP contribution in [0.25, 0.3) is 11.3 Å². The van der Waals surface area contributed by atoms with E-state index < -0.39 is 0 Å². The molecule has 0 spiro atoms. The number of aliphatic imine (C=N–C) groups is 1. The molecule has 0 aliphatic rings. The number of aryl methyl sites for hydroxylation is 1. The van der Waals surface area contributed by atoms with E-state index >= 15 is 0 Å². The summed E-state index contributed by atoms with van der Waals surface area (Å²) >= 11 is 1.65. The Labute approximate surface area is 151 Å². The van der Waals surface area contributed by atoms with E-state index in [1.807, 2.05) is 48.8 Å². The first-order valence-corrected chi connectivity index (χ1v) is 8.95. The highest BCUT2D eigenvalue weighted by Crippen LogP contribution is 2.16. The first-order valence-electron chi connectivity index (χ1n) is 8.07. The van der Waals surface area contributed by atoms with Gasteiger partial charge in [0.2, 0.25) is 0 Å². The molecule has 0 fully saturated rings. The summed E-state index contributed by atoms with van der Waals surface area (Å²) in [5, 5.41) is 3.38. The summed E-state index contributed by atoms with van der Waals surface area (Å²) in [5.74, 6) is 1.73. The number of hydrogen-bond acceptors (Lipinski definition) is 4. The van der Waals surface area contributed by atoms with Crippen LogP contribution in [-0.2, 0) is 13.1 Å². The maximum Gasteiger partial charge on any atom is 0.194 e. The Morgan fingerprint density at radius 2 is 2.08 bits per heavy atom. The van der Waals surface area contributed by atoms with Gasteiger partial charge in [-0.1, -0.05) is 30.3 Å². The Morgan fingerprint density at radius 1 is 1.28 bits per heavy atom. The number of guanidine groups is 1. The van der Waals surface area contributed by atoms with Crippen molar-refractivity contribution in [2.75, 3.05) is 14.1 Å². The summed E-state index contributed by atoms with van der Waals surface area (Å²) in [6.07, 6.45) is 1.87. The van der Waals surface area contributed by atoms with Crippen molar-refractivity contribution in [3.63, 3.8) is 0 Å². The van der Waals surface area contributed by atoms with E-state index in [-0.39, 0.29) is 0 Å². The normalized spacial score (nSPS) is 11.6. The molecule has 25 heavy (non-hydrogen) atoms. The summed E-state index contributed by atoms with van der Waals surface area (Å²) in [7, 11) is 3.79. The van der Waals surface area contributed by atoms with E-state index in [1.165, 1.54) is 4.88 Å². The lowest BCUT2D eigenvalue weighted by molar-refractivity contribution is 0.464. The van der Waals surface area contributed by atoms with Crippen LogP contribution in [0.2, 0.25) is 0 Å². The molecule has 2 aromatic heterocycles. The van der Waals surface area contributed by atoms with Gasteiger partial charge in [-0.2, -0.15) is 0 Å². The van der Waals surface area contributed by atoms with Crippen molar-refractivity contribution >= 4 is 17.3 Å². The summed E-state index contributed by atoms with van der Waals surface area (Å²) in [6, 6.07) is 10.2. The molecule has 0 unspecified atom stereocenters. The lowest BCUT2D eigenvalue weighted by Crippen LogP contribution is -2.38. The highest BCUT2D eigenvalue weighted by molar-refractivity contribution is 7.09. The average Bonchev–Trinajstić information content (AvgIpc) is 3.25. The molecule has 7 heteroatoms. The summed E-state index contributed by atoms with van der Waals surface area (Å²) < 4.78 is 0. The lowest BCUT2D eigenvalue weighted by atomic mass is 10.2. The fourth-order valence-electron chi connectivity index (χ4n) is 2.55. The smallest absolute Gasteiger partial charge is 0.194 e. The van der Waals surface area contributed by atoms with Crippen molar-refractivity contribution in [2.24, 2.45) is 4.99 Å². The van der Waals surface area contributed by atoms with E-state index in [9.17, 15) is 0 Å². The van der Waals surface area contributed by atoms with Crippen LogP contribution in [0.15, 0.2) is 47.0 Å². The molecule has 0 saturated carbocycles. The third-order valence-electron chi connectivity index (χ3n) is 3.93. The van der Waals surface area contributed by atoms with Crippen molar-refractivity contribution in [2.45, 2.75) is 20.0 Å². The Morgan fingerprint density at radius 3 is 2.76 bits per heavy atom. The zero-order chi connectivity index (χ0) is 17.6. The second-order valence-electron chi connectivity index (χ2n) is 5.73. The minimum atomic E-state index is 0.647. The van der Waals surface area contributed by atoms with Crippen molar-refractivity contribution < 1.29 is 0 Å². The number of thiazole rings is 1.